The SMILES string of the molecule is C=IOC(=O)C(CC)CCCC(CC)C(CC(=O)O)C(=O)O[N+]1([NH-])OC(=O)CC(C(CC)CCCC(CC)C(=O)OI)C(=O)O1. The van der Waals surface area contributed by atoms with Crippen LogP contribution in [-0.4, -0.2) is 50.5 Å². The number of carboxylic acid groups (broad SMARTS) is 1. The fraction of sp³-hybridized carbons (Fsp3) is 0.759. The molecule has 0 bridgehead atoms. The van der Waals surface area contributed by atoms with E-state index in [9.17, 15) is 33.9 Å². The van der Waals surface area contributed by atoms with Crippen LogP contribution in [0.15, 0.2) is 0 Å². The van der Waals surface area contributed by atoms with Gasteiger partial charge in [-0.15, -0.1) is 0 Å². The maximum atomic E-state index is 13.3. The second-order valence-electron chi connectivity index (χ2n) is 11.1. The van der Waals surface area contributed by atoms with E-state index in [2.05, 4.69) is 4.51 Å². The summed E-state index contributed by atoms with van der Waals surface area (Å²) < 4.78 is 13.5. The van der Waals surface area contributed by atoms with Crippen LogP contribution < -0.4 is 0 Å². The number of carbonyl (C=O) groups excluding carboxylic acids is 5. The molecular weight excluding hydrogens is 822 g/mol. The summed E-state index contributed by atoms with van der Waals surface area (Å²) >= 11 is 0.639. The van der Waals surface area contributed by atoms with Gasteiger partial charge in [-0.05, 0) is 54.9 Å². The van der Waals surface area contributed by atoms with Crippen molar-refractivity contribution in [2.45, 2.75) is 105 Å². The van der Waals surface area contributed by atoms with Crippen molar-refractivity contribution in [2.24, 2.45) is 35.5 Å². The first kappa shape index (κ1) is 41.1. The zero-order valence-corrected chi connectivity index (χ0v) is 30.6. The number of halogens is 2. The minimum absolute atomic E-state index is 0.294. The van der Waals surface area contributed by atoms with Crippen molar-refractivity contribution in [2.75, 3.05) is 0 Å². The molecule has 258 valence electrons. The first-order valence-corrected chi connectivity index (χ1v) is 18.5. The molecule has 45 heavy (non-hydrogen) atoms. The molecule has 2 N–H and O–H groups in total. The van der Waals surface area contributed by atoms with E-state index in [-0.39, 0.29) is 29.7 Å². The molecule has 0 saturated carbocycles. The average molecular weight is 868 g/mol. The van der Waals surface area contributed by atoms with E-state index in [4.69, 9.17) is 26.5 Å². The maximum absolute atomic E-state index is 13.3. The van der Waals surface area contributed by atoms with Gasteiger partial charge in [0.15, 0.2) is 28.1 Å². The molecule has 1 saturated heterocycles. The van der Waals surface area contributed by atoms with Crippen molar-refractivity contribution >= 4 is 84.5 Å². The number of hydrogen-bond acceptors (Lipinski definition) is 11. The highest BCUT2D eigenvalue weighted by atomic mass is 127. The standard InChI is InChI=1S/C29H46I2N2O12/c1-6-18(12-11-15-21(9-4)27(38)42-31-5)22(16-24(34)35)28(39)44-33(32)43-25(36)17-23(29(40)45-33)19(7-2)13-10-14-20(8-3)26(37)41-30/h18-23,32H,5-17H2,1-4H3,(H,34,35). The quantitative estimate of drug-likeness (QED) is 0.0980. The smallest absolute Gasteiger partial charge is 0.381 e. The highest BCUT2D eigenvalue weighted by Crippen LogP contribution is 2.34. The van der Waals surface area contributed by atoms with Gasteiger partial charge in [0.1, 0.15) is 21.1 Å². The molecule has 0 amide bonds. The Kier molecular flexibility index (Phi) is 19.2. The molecular formula is C29H46I2N2O12. The summed E-state index contributed by atoms with van der Waals surface area (Å²) in [6.45, 7) is 7.34. The van der Waals surface area contributed by atoms with E-state index < -0.39 is 80.7 Å². The second-order valence-corrected chi connectivity index (χ2v) is 12.6. The van der Waals surface area contributed by atoms with Crippen molar-refractivity contribution in [1.29, 1.82) is 0 Å². The van der Waals surface area contributed by atoms with Crippen LogP contribution in [-0.2, 0) is 49.4 Å². The molecule has 0 aromatic carbocycles. The summed E-state index contributed by atoms with van der Waals surface area (Å²) in [5.41, 5.74) is 0. The number of carboxylic acids is 1. The number of quaternary nitrogens is 1. The largest absolute Gasteiger partial charge is 0.481 e. The van der Waals surface area contributed by atoms with Gasteiger partial charge in [-0.3, -0.25) is 14.4 Å². The van der Waals surface area contributed by atoms with Gasteiger partial charge in [0, 0.05) is 0 Å². The lowest BCUT2D eigenvalue weighted by atomic mass is 9.82. The lowest BCUT2D eigenvalue weighted by molar-refractivity contribution is -1.31. The Balaban J connectivity index is 3.00. The molecule has 0 radical (unpaired) electrons. The molecule has 0 spiro atoms. The second kappa shape index (κ2) is 21.0. The van der Waals surface area contributed by atoms with Gasteiger partial charge in [-0.1, -0.05) is 53.4 Å². The monoisotopic (exact) mass is 868 g/mol. The predicted molar refractivity (Wildman–Crippen MR) is 177 cm³/mol. The van der Waals surface area contributed by atoms with E-state index >= 15 is 0 Å². The van der Waals surface area contributed by atoms with Crippen LogP contribution in [0.2, 0.25) is 0 Å². The molecule has 7 unspecified atom stereocenters. The zero-order chi connectivity index (χ0) is 34.2. The van der Waals surface area contributed by atoms with Crippen LogP contribution in [0.5, 0.6) is 0 Å². The number of hydrogen-bond donors (Lipinski definition) is 1. The molecule has 1 aliphatic heterocycles. The number of nitrogens with zero attached hydrogens (tertiary/aromatic N) is 1. The number of aliphatic carboxylic acids is 1. The third-order valence-corrected chi connectivity index (χ3v) is 9.51. The molecule has 14 nitrogen and oxygen atoms in total. The summed E-state index contributed by atoms with van der Waals surface area (Å²) in [7, 11) is 0. The Morgan fingerprint density at radius 3 is 2.07 bits per heavy atom. The Morgan fingerprint density at radius 1 is 0.956 bits per heavy atom. The van der Waals surface area contributed by atoms with Gasteiger partial charge >= 0.3 is 35.8 Å². The van der Waals surface area contributed by atoms with Crippen molar-refractivity contribution < 1.29 is 59.6 Å². The average Bonchev–Trinajstić information content (AvgIpc) is 3.09. The Bertz CT molecular complexity index is 1040. The Hall–Kier alpha value is -1.93. The van der Waals surface area contributed by atoms with Crippen LogP contribution in [0.25, 0.3) is 5.84 Å². The van der Waals surface area contributed by atoms with Gasteiger partial charge in [-0.25, -0.2) is 14.4 Å². The van der Waals surface area contributed by atoms with Crippen LogP contribution in [0.4, 0.5) is 0 Å². The van der Waals surface area contributed by atoms with E-state index in [0.29, 0.717) is 64.2 Å². The van der Waals surface area contributed by atoms with Gasteiger partial charge in [0.05, 0.1) is 36.5 Å². The first-order valence-electron chi connectivity index (χ1n) is 15.3. The van der Waals surface area contributed by atoms with Crippen molar-refractivity contribution in [3.8, 4) is 0 Å². The number of nitrogens with one attached hydrogen (secondary N) is 1. The first-order chi connectivity index (χ1) is 21.3. The maximum Gasteiger partial charge on any atom is 0.381 e. The minimum Gasteiger partial charge on any atom is -0.481 e. The number of carbonyl (C=O) groups is 6. The lowest BCUT2D eigenvalue weighted by Gasteiger charge is -2.30. The Morgan fingerprint density at radius 2 is 1.56 bits per heavy atom. The van der Waals surface area contributed by atoms with Crippen molar-refractivity contribution in [3.63, 3.8) is 0 Å². The molecule has 0 aromatic heterocycles. The van der Waals surface area contributed by atoms with Crippen LogP contribution in [0, 0.1) is 35.5 Å². The summed E-state index contributed by atoms with van der Waals surface area (Å²) in [4.78, 5) is 90.0. The van der Waals surface area contributed by atoms with Gasteiger partial charge in [-0.2, -0.15) is 14.5 Å². The van der Waals surface area contributed by atoms with Crippen molar-refractivity contribution in [1.82, 2.24) is 0 Å². The van der Waals surface area contributed by atoms with Crippen LogP contribution in [0.3, 0.4) is 0 Å². The molecule has 1 heterocycles. The third kappa shape index (κ3) is 13.8. The summed E-state index contributed by atoms with van der Waals surface area (Å²) in [6, 6.07) is 0. The third-order valence-electron chi connectivity index (χ3n) is 8.33. The predicted octanol–water partition coefficient (Wildman–Crippen LogP) is 6.46. The lowest BCUT2D eigenvalue weighted by Crippen LogP contribution is -2.46. The molecule has 1 fully saturated rings. The highest BCUT2D eigenvalue weighted by molar-refractivity contribution is 14.2. The fourth-order valence-corrected chi connectivity index (χ4v) is 6.67. The van der Waals surface area contributed by atoms with Crippen LogP contribution in [0.1, 0.15) is 105 Å². The summed E-state index contributed by atoms with van der Waals surface area (Å²) in [5.74, 6) is -0.439. The topological polar surface area (TPSA) is 193 Å². The van der Waals surface area contributed by atoms with Gasteiger partial charge < -0.3 is 17.1 Å². The van der Waals surface area contributed by atoms with Crippen LogP contribution >= 0.6 is 44.2 Å². The molecule has 0 aliphatic carbocycles. The summed E-state index contributed by atoms with van der Waals surface area (Å²) in [5, 5.41) is 7.23. The van der Waals surface area contributed by atoms with Gasteiger partial charge in [0.2, 0.25) is 0 Å². The van der Waals surface area contributed by atoms with E-state index in [1.165, 1.54) is 0 Å². The molecule has 1 aliphatic rings. The normalized spacial score (nSPS) is 21.6. The number of rotatable bonds is 21. The van der Waals surface area contributed by atoms with E-state index in [0.717, 1.165) is 0 Å². The highest BCUT2D eigenvalue weighted by Gasteiger charge is 2.47. The molecule has 7 atom stereocenters. The molecule has 16 heteroatoms. The zero-order valence-electron chi connectivity index (χ0n) is 26.3. The minimum atomic E-state index is -2.30. The molecule has 0 aromatic rings. The Labute approximate surface area is 288 Å². The molecule has 1 rings (SSSR count). The van der Waals surface area contributed by atoms with Crippen molar-refractivity contribution in [3.05, 3.63) is 5.84 Å². The van der Waals surface area contributed by atoms with Gasteiger partial charge in [0.25, 0.3) is 0 Å². The van der Waals surface area contributed by atoms with E-state index in [1.54, 1.807) is 29.9 Å². The van der Waals surface area contributed by atoms with E-state index in [1.807, 2.05) is 20.8 Å². The summed E-state index contributed by atoms with van der Waals surface area (Å²) in [6.07, 6.45) is 3.91. The fourth-order valence-electron chi connectivity index (χ4n) is 5.64.